The molecule has 0 aromatic heterocycles. The summed E-state index contributed by atoms with van der Waals surface area (Å²) < 4.78 is 1.04. The second-order valence-corrected chi connectivity index (χ2v) is 5.16. The van der Waals surface area contributed by atoms with Gasteiger partial charge in [0, 0.05) is 10.8 Å². The molecule has 4 heteroatoms. The summed E-state index contributed by atoms with van der Waals surface area (Å²) >= 11 is 9.12. The van der Waals surface area contributed by atoms with Crippen molar-refractivity contribution in [2.45, 2.75) is 0 Å². The van der Waals surface area contributed by atoms with Gasteiger partial charge in [-0.1, -0.05) is 29.4 Å². The molecule has 0 N–H and O–H groups in total. The van der Waals surface area contributed by atoms with E-state index >= 15 is 0 Å². The predicted molar refractivity (Wildman–Crippen MR) is 74.7 cm³/mol. The summed E-state index contributed by atoms with van der Waals surface area (Å²) in [5, 5.41) is 0.735. The van der Waals surface area contributed by atoms with Crippen molar-refractivity contribution >= 4 is 45.2 Å². The lowest BCUT2D eigenvalue weighted by Gasteiger charge is -2.00. The van der Waals surface area contributed by atoms with E-state index in [-0.39, 0.29) is 0 Å². The van der Waals surface area contributed by atoms with Gasteiger partial charge in [-0.05, 0) is 30.5 Å². The molecule has 0 unspecified atom stereocenters. The fraction of sp³-hybridized carbons (Fsp3) is 0.182. The highest BCUT2D eigenvalue weighted by atomic mass is 35.5. The third kappa shape index (κ3) is 4.78. The number of benzene rings is 1. The predicted octanol–water partition coefficient (Wildman–Crippen LogP) is 4.61. The van der Waals surface area contributed by atoms with Crippen LogP contribution in [0, 0.1) is 0 Å². The Bertz CT molecular complexity index is 346. The van der Waals surface area contributed by atoms with E-state index in [1.54, 1.807) is 23.5 Å². The highest BCUT2D eigenvalue weighted by molar-refractivity contribution is 8.38. The van der Waals surface area contributed by atoms with Crippen LogP contribution in [0.4, 0.5) is 5.69 Å². The number of rotatable bonds is 3. The van der Waals surface area contributed by atoms with Crippen LogP contribution in [0.3, 0.4) is 0 Å². The molecule has 0 aliphatic rings. The largest absolute Gasteiger partial charge is 0.235 e. The van der Waals surface area contributed by atoms with Crippen LogP contribution in [-0.4, -0.2) is 16.4 Å². The molecule has 0 aliphatic heterocycles. The van der Waals surface area contributed by atoms with Gasteiger partial charge in [0.05, 0.1) is 5.69 Å². The molecule has 1 aromatic carbocycles. The fourth-order valence-corrected chi connectivity index (χ4v) is 2.32. The second kappa shape index (κ2) is 6.99. The lowest BCUT2D eigenvalue weighted by Crippen LogP contribution is -1.84. The van der Waals surface area contributed by atoms with Crippen LogP contribution in [-0.2, 0) is 0 Å². The van der Waals surface area contributed by atoms with Gasteiger partial charge in [-0.25, -0.2) is 4.99 Å². The zero-order chi connectivity index (χ0) is 11.1. The molecule has 1 aromatic rings. The molecule has 1 rings (SSSR count). The van der Waals surface area contributed by atoms with Gasteiger partial charge in [0.2, 0.25) is 0 Å². The SMILES string of the molecule is C=CCSC(=Nc1ccc(Cl)cc1)SC. The van der Waals surface area contributed by atoms with Gasteiger partial charge < -0.3 is 0 Å². The van der Waals surface area contributed by atoms with E-state index in [2.05, 4.69) is 11.6 Å². The second-order valence-electron chi connectivity index (χ2n) is 2.66. The first-order chi connectivity index (χ1) is 7.26. The van der Waals surface area contributed by atoms with Crippen LogP contribution in [0.1, 0.15) is 0 Å². The summed E-state index contributed by atoms with van der Waals surface area (Å²) in [4.78, 5) is 4.49. The fourth-order valence-electron chi connectivity index (χ4n) is 0.888. The van der Waals surface area contributed by atoms with Crippen LogP contribution in [0.5, 0.6) is 0 Å². The quantitative estimate of drug-likeness (QED) is 0.445. The molecule has 0 atom stereocenters. The summed E-state index contributed by atoms with van der Waals surface area (Å²) in [5.74, 6) is 0.882. The first-order valence-corrected chi connectivity index (χ1v) is 6.97. The molecule has 1 nitrogen and oxygen atoms in total. The summed E-state index contributed by atoms with van der Waals surface area (Å²) in [6, 6.07) is 7.51. The number of thioether (sulfide) groups is 2. The third-order valence-corrected chi connectivity index (χ3v) is 3.83. The highest BCUT2D eigenvalue weighted by Crippen LogP contribution is 2.22. The number of nitrogens with zero attached hydrogens (tertiary/aromatic N) is 1. The van der Waals surface area contributed by atoms with Gasteiger partial charge in [0.15, 0.2) is 0 Å². The maximum absolute atomic E-state index is 5.79. The molecule has 0 aliphatic carbocycles. The lowest BCUT2D eigenvalue weighted by molar-refractivity contribution is 1.55. The number of halogens is 1. The Labute approximate surface area is 104 Å². The van der Waals surface area contributed by atoms with E-state index < -0.39 is 0 Å². The van der Waals surface area contributed by atoms with Gasteiger partial charge in [-0.3, -0.25) is 0 Å². The minimum absolute atomic E-state index is 0.735. The Morgan fingerprint density at radius 2 is 2.13 bits per heavy atom. The highest BCUT2D eigenvalue weighted by Gasteiger charge is 1.97. The van der Waals surface area contributed by atoms with Crippen molar-refractivity contribution < 1.29 is 0 Å². The van der Waals surface area contributed by atoms with Crippen LogP contribution >= 0.6 is 35.1 Å². The van der Waals surface area contributed by atoms with Crippen molar-refractivity contribution in [1.29, 1.82) is 0 Å². The van der Waals surface area contributed by atoms with Crippen molar-refractivity contribution in [1.82, 2.24) is 0 Å². The zero-order valence-electron chi connectivity index (χ0n) is 8.44. The van der Waals surface area contributed by atoms with Crippen molar-refractivity contribution in [3.05, 3.63) is 41.9 Å². The molecule has 80 valence electrons. The maximum atomic E-state index is 5.79. The summed E-state index contributed by atoms with van der Waals surface area (Å²) in [7, 11) is 0. The molecule has 0 fully saturated rings. The molecular weight excluding hydrogens is 246 g/mol. The number of aliphatic imine (C=N–C) groups is 1. The van der Waals surface area contributed by atoms with E-state index in [0.29, 0.717) is 0 Å². The van der Waals surface area contributed by atoms with Gasteiger partial charge in [-0.15, -0.1) is 18.3 Å². The van der Waals surface area contributed by atoms with Crippen LogP contribution in [0.2, 0.25) is 5.02 Å². The van der Waals surface area contributed by atoms with E-state index in [1.807, 2.05) is 36.6 Å². The average Bonchev–Trinajstić information content (AvgIpc) is 2.27. The average molecular weight is 258 g/mol. The van der Waals surface area contributed by atoms with Crippen molar-refractivity contribution in [3.8, 4) is 0 Å². The summed E-state index contributed by atoms with van der Waals surface area (Å²) in [6.45, 7) is 3.68. The molecular formula is C11H12ClNS2. The smallest absolute Gasteiger partial charge is 0.130 e. The van der Waals surface area contributed by atoms with E-state index in [9.17, 15) is 0 Å². The third-order valence-electron chi connectivity index (χ3n) is 1.55. The normalized spacial score (nSPS) is 11.5. The van der Waals surface area contributed by atoms with Crippen molar-refractivity contribution in [2.24, 2.45) is 4.99 Å². The standard InChI is InChI=1S/C11H12ClNS2/c1-3-8-15-11(14-2)13-10-6-4-9(12)5-7-10/h3-7H,1,8H2,2H3. The topological polar surface area (TPSA) is 12.4 Å². The van der Waals surface area contributed by atoms with Crippen molar-refractivity contribution in [3.63, 3.8) is 0 Å². The van der Waals surface area contributed by atoms with E-state index in [0.717, 1.165) is 20.8 Å². The Morgan fingerprint density at radius 3 is 2.67 bits per heavy atom. The first kappa shape index (κ1) is 12.7. The minimum Gasteiger partial charge on any atom is -0.235 e. The van der Waals surface area contributed by atoms with Crippen LogP contribution in [0.25, 0.3) is 0 Å². The monoisotopic (exact) mass is 257 g/mol. The summed E-state index contributed by atoms with van der Waals surface area (Å²) in [5.41, 5.74) is 0.931. The first-order valence-electron chi connectivity index (χ1n) is 4.38. The molecule has 0 saturated heterocycles. The van der Waals surface area contributed by atoms with Gasteiger partial charge in [0.1, 0.15) is 4.38 Å². The number of hydrogen-bond acceptors (Lipinski definition) is 3. The Kier molecular flexibility index (Phi) is 5.91. The molecule has 0 spiro atoms. The molecule has 0 heterocycles. The van der Waals surface area contributed by atoms with Gasteiger partial charge in [-0.2, -0.15) is 0 Å². The van der Waals surface area contributed by atoms with Gasteiger partial charge in [0.25, 0.3) is 0 Å². The maximum Gasteiger partial charge on any atom is 0.130 e. The molecule has 0 amide bonds. The van der Waals surface area contributed by atoms with E-state index in [4.69, 9.17) is 11.6 Å². The Morgan fingerprint density at radius 1 is 1.47 bits per heavy atom. The lowest BCUT2D eigenvalue weighted by atomic mass is 10.3. The minimum atomic E-state index is 0.735. The number of hydrogen-bond donors (Lipinski definition) is 0. The molecule has 0 saturated carbocycles. The van der Waals surface area contributed by atoms with E-state index in [1.165, 1.54) is 0 Å². The van der Waals surface area contributed by atoms with Crippen molar-refractivity contribution in [2.75, 3.05) is 12.0 Å². The summed E-state index contributed by atoms with van der Waals surface area (Å²) in [6.07, 6.45) is 3.89. The molecule has 15 heavy (non-hydrogen) atoms. The van der Waals surface area contributed by atoms with Gasteiger partial charge >= 0.3 is 0 Å². The Balaban J connectivity index is 2.73. The molecule has 0 radical (unpaired) electrons. The Hall–Kier alpha value is -0.380. The van der Waals surface area contributed by atoms with Crippen LogP contribution < -0.4 is 0 Å². The zero-order valence-corrected chi connectivity index (χ0v) is 10.8. The van der Waals surface area contributed by atoms with Crippen LogP contribution in [0.15, 0.2) is 41.9 Å². The molecule has 0 bridgehead atoms.